The minimum absolute atomic E-state index is 0.0924. The molecule has 0 aliphatic carbocycles. The zero-order valence-corrected chi connectivity index (χ0v) is 25.5. The fourth-order valence-corrected chi connectivity index (χ4v) is 5.33. The number of aliphatic imine (C=N–C) groups is 2. The van der Waals surface area contributed by atoms with Crippen LogP contribution in [0.25, 0.3) is 0 Å². The van der Waals surface area contributed by atoms with Gasteiger partial charge in [-0.15, -0.1) is 0 Å². The van der Waals surface area contributed by atoms with Crippen LogP contribution in [0.1, 0.15) is 93.2 Å². The van der Waals surface area contributed by atoms with Gasteiger partial charge in [-0.2, -0.15) is 0 Å². The largest absolute Gasteiger partial charge is 0.321 e. The zero-order chi connectivity index (χ0) is 27.8. The molecule has 38 heavy (non-hydrogen) atoms. The molecule has 0 saturated heterocycles. The molecular weight excluding hydrogens is 464 g/mol. The Labute approximate surface area is 232 Å². The monoisotopic (exact) mass is 514 g/mol. The Morgan fingerprint density at radius 2 is 1.05 bits per heavy atom. The van der Waals surface area contributed by atoms with Crippen molar-refractivity contribution in [2.24, 2.45) is 21.8 Å². The zero-order valence-electron chi connectivity index (χ0n) is 25.5. The topological polar surface area (TPSA) is 31.2 Å². The molecule has 0 amide bonds. The van der Waals surface area contributed by atoms with Crippen molar-refractivity contribution in [1.82, 2.24) is 0 Å². The molecule has 2 aliphatic rings. The van der Waals surface area contributed by atoms with Crippen molar-refractivity contribution in [3.63, 3.8) is 0 Å². The van der Waals surface area contributed by atoms with E-state index >= 15 is 0 Å². The van der Waals surface area contributed by atoms with Crippen molar-refractivity contribution in [3.05, 3.63) is 59.7 Å². The molecule has 0 unspecified atom stereocenters. The Kier molecular flexibility index (Phi) is 8.12. The summed E-state index contributed by atoms with van der Waals surface area (Å²) in [5, 5.41) is 0. The van der Waals surface area contributed by atoms with Gasteiger partial charge in [0.2, 0.25) is 0 Å². The quantitative estimate of drug-likeness (QED) is 0.372. The Hall–Kier alpha value is -2.62. The average molecular weight is 515 g/mol. The molecule has 0 bridgehead atoms. The van der Waals surface area contributed by atoms with Gasteiger partial charge in [0.05, 0.1) is 12.1 Å². The Morgan fingerprint density at radius 3 is 1.37 bits per heavy atom. The van der Waals surface area contributed by atoms with E-state index in [2.05, 4.69) is 128 Å². The highest BCUT2D eigenvalue weighted by molar-refractivity contribution is 6.50. The molecule has 2 heterocycles. The Bertz CT molecular complexity index is 1090. The number of anilines is 2. The molecule has 206 valence electrons. The molecule has 4 rings (SSSR count). The lowest BCUT2D eigenvalue weighted by Crippen LogP contribution is -2.42. The van der Waals surface area contributed by atoms with E-state index in [-0.39, 0.29) is 22.9 Å². The second-order valence-electron chi connectivity index (χ2n) is 13.6. The first-order valence-electron chi connectivity index (χ1n) is 14.8. The van der Waals surface area contributed by atoms with Gasteiger partial charge in [0.25, 0.3) is 0 Å². The van der Waals surface area contributed by atoms with Gasteiger partial charge < -0.3 is 9.80 Å². The first-order valence-corrected chi connectivity index (χ1v) is 14.8. The number of nitrogens with zero attached hydrogens (tertiary/aromatic N) is 4. The van der Waals surface area contributed by atoms with Crippen LogP contribution in [0.15, 0.2) is 58.5 Å². The molecule has 0 radical (unpaired) electrons. The SMILES string of the molecule is CC[C@H](C)[C@H]1CN(c2cccc(C(C)(C)C)c2)C(C2=N[C@@H]([C@@H](C)CC)CN2c2cccc(C(C)(C)C)c2)=N1. The van der Waals surface area contributed by atoms with Gasteiger partial charge in [0.15, 0.2) is 11.7 Å². The summed E-state index contributed by atoms with van der Waals surface area (Å²) in [6, 6.07) is 18.6. The Morgan fingerprint density at radius 1 is 0.684 bits per heavy atom. The van der Waals surface area contributed by atoms with Crippen LogP contribution in [0.4, 0.5) is 11.4 Å². The van der Waals surface area contributed by atoms with Crippen LogP contribution in [0.5, 0.6) is 0 Å². The van der Waals surface area contributed by atoms with Crippen LogP contribution in [-0.2, 0) is 10.8 Å². The lowest BCUT2D eigenvalue weighted by Gasteiger charge is -2.29. The normalized spacial score (nSPS) is 21.9. The summed E-state index contributed by atoms with van der Waals surface area (Å²) < 4.78 is 0. The molecule has 0 fully saturated rings. The standard InChI is InChI=1S/C34H50N4/c1-11-23(3)29-21-37(27-17-13-15-25(19-27)33(5,6)7)31(35-29)32-36-30(24(4)12-2)22-38(32)28-18-14-16-26(20-28)34(8,9)10/h13-20,23-24,29-30H,11-12,21-22H2,1-10H3/t23-,24-,29+,30+/m0/s1. The van der Waals surface area contributed by atoms with Gasteiger partial charge in [-0.1, -0.05) is 106 Å². The third kappa shape index (κ3) is 5.84. The Balaban J connectivity index is 1.82. The highest BCUT2D eigenvalue weighted by Gasteiger charge is 2.39. The highest BCUT2D eigenvalue weighted by atomic mass is 15.4. The molecular formula is C34H50N4. The number of amidine groups is 2. The van der Waals surface area contributed by atoms with E-state index < -0.39 is 0 Å². The van der Waals surface area contributed by atoms with Gasteiger partial charge in [0.1, 0.15) is 0 Å². The minimum atomic E-state index is 0.0924. The number of benzene rings is 2. The molecule has 4 atom stereocenters. The molecule has 2 aromatic carbocycles. The van der Waals surface area contributed by atoms with Gasteiger partial charge in [-0.3, -0.25) is 9.98 Å². The third-order valence-electron chi connectivity index (χ3n) is 8.68. The maximum Gasteiger partial charge on any atom is 0.172 e. The number of hydrogen-bond acceptors (Lipinski definition) is 4. The van der Waals surface area contributed by atoms with E-state index in [1.165, 1.54) is 22.5 Å². The highest BCUT2D eigenvalue weighted by Crippen LogP contribution is 2.34. The summed E-state index contributed by atoms with van der Waals surface area (Å²) >= 11 is 0. The minimum Gasteiger partial charge on any atom is -0.321 e. The van der Waals surface area contributed by atoms with E-state index in [4.69, 9.17) is 9.98 Å². The van der Waals surface area contributed by atoms with Gasteiger partial charge in [0, 0.05) is 24.5 Å². The lowest BCUT2D eigenvalue weighted by molar-refractivity contribution is 0.464. The lowest BCUT2D eigenvalue weighted by atomic mass is 9.86. The maximum absolute atomic E-state index is 5.43. The molecule has 4 heteroatoms. The average Bonchev–Trinajstić information content (AvgIpc) is 3.52. The smallest absolute Gasteiger partial charge is 0.172 e. The van der Waals surface area contributed by atoms with Crippen LogP contribution in [0, 0.1) is 11.8 Å². The molecule has 2 aliphatic heterocycles. The first kappa shape index (κ1) is 28.4. The van der Waals surface area contributed by atoms with Crippen LogP contribution < -0.4 is 9.80 Å². The second kappa shape index (κ2) is 10.9. The molecule has 2 aromatic rings. The summed E-state index contributed by atoms with van der Waals surface area (Å²) in [4.78, 5) is 15.8. The summed E-state index contributed by atoms with van der Waals surface area (Å²) in [5.41, 5.74) is 5.33. The molecule has 0 spiro atoms. The van der Waals surface area contributed by atoms with E-state index in [1.807, 2.05) is 0 Å². The fourth-order valence-electron chi connectivity index (χ4n) is 5.33. The van der Waals surface area contributed by atoms with E-state index in [1.54, 1.807) is 0 Å². The van der Waals surface area contributed by atoms with E-state index in [0.717, 1.165) is 37.6 Å². The van der Waals surface area contributed by atoms with Gasteiger partial charge >= 0.3 is 0 Å². The van der Waals surface area contributed by atoms with Crippen LogP contribution in [-0.4, -0.2) is 36.8 Å². The van der Waals surface area contributed by atoms with Crippen molar-refractivity contribution in [2.45, 2.75) is 105 Å². The van der Waals surface area contributed by atoms with Crippen LogP contribution >= 0.6 is 0 Å². The van der Waals surface area contributed by atoms with Gasteiger partial charge in [-0.05, 0) is 58.1 Å². The van der Waals surface area contributed by atoms with Crippen LogP contribution in [0.2, 0.25) is 0 Å². The van der Waals surface area contributed by atoms with Crippen LogP contribution in [0.3, 0.4) is 0 Å². The second-order valence-corrected chi connectivity index (χ2v) is 13.6. The number of rotatable bonds is 7. The summed E-state index contributed by atoms with van der Waals surface area (Å²) in [6.07, 6.45) is 2.24. The van der Waals surface area contributed by atoms with E-state index in [0.29, 0.717) is 11.8 Å². The molecule has 4 nitrogen and oxygen atoms in total. The molecule has 0 aromatic heterocycles. The summed E-state index contributed by atoms with van der Waals surface area (Å²) in [6.45, 7) is 24.8. The molecule has 0 saturated carbocycles. The third-order valence-corrected chi connectivity index (χ3v) is 8.68. The first-order chi connectivity index (χ1) is 17.8. The van der Waals surface area contributed by atoms with Crippen molar-refractivity contribution < 1.29 is 0 Å². The van der Waals surface area contributed by atoms with Gasteiger partial charge in [-0.25, -0.2) is 0 Å². The summed E-state index contributed by atoms with van der Waals surface area (Å²) in [7, 11) is 0. The molecule has 0 N–H and O–H groups in total. The maximum atomic E-state index is 5.43. The predicted molar refractivity (Wildman–Crippen MR) is 166 cm³/mol. The summed E-state index contributed by atoms with van der Waals surface area (Å²) in [5.74, 6) is 3.11. The van der Waals surface area contributed by atoms with Crippen molar-refractivity contribution in [2.75, 3.05) is 22.9 Å². The van der Waals surface area contributed by atoms with Crippen molar-refractivity contribution >= 4 is 23.0 Å². The van der Waals surface area contributed by atoms with Crippen molar-refractivity contribution in [3.8, 4) is 0 Å². The fraction of sp³-hybridized carbons (Fsp3) is 0.588. The number of hydrogen-bond donors (Lipinski definition) is 0. The predicted octanol–water partition coefficient (Wildman–Crippen LogP) is 8.25. The van der Waals surface area contributed by atoms with Crippen molar-refractivity contribution in [1.29, 1.82) is 0 Å². The van der Waals surface area contributed by atoms with E-state index in [9.17, 15) is 0 Å².